The third-order valence-corrected chi connectivity index (χ3v) is 3.55. The smallest absolute Gasteiger partial charge is 0.333 e. The number of aromatic nitrogens is 1. The Morgan fingerprint density at radius 1 is 1.26 bits per heavy atom. The van der Waals surface area contributed by atoms with Gasteiger partial charge < -0.3 is 9.64 Å². The van der Waals surface area contributed by atoms with Gasteiger partial charge in [-0.15, -0.1) is 0 Å². The van der Waals surface area contributed by atoms with Crippen molar-refractivity contribution in [3.63, 3.8) is 0 Å². The van der Waals surface area contributed by atoms with E-state index in [2.05, 4.69) is 4.98 Å². The van der Waals surface area contributed by atoms with E-state index < -0.39 is 17.6 Å². The van der Waals surface area contributed by atoms with Crippen LogP contribution in [-0.2, 0) is 16.1 Å². The number of benzene rings is 1. The zero-order chi connectivity index (χ0) is 16.4. The molecule has 1 aliphatic rings. The Balaban J connectivity index is 2.00. The summed E-state index contributed by atoms with van der Waals surface area (Å²) in [5.41, 5.74) is 1.18. The van der Waals surface area contributed by atoms with Crippen molar-refractivity contribution in [2.24, 2.45) is 0 Å². The van der Waals surface area contributed by atoms with E-state index in [-0.39, 0.29) is 18.8 Å². The van der Waals surface area contributed by atoms with Crippen molar-refractivity contribution >= 4 is 23.3 Å². The minimum atomic E-state index is -0.603. The van der Waals surface area contributed by atoms with E-state index in [9.17, 15) is 13.6 Å². The number of pyridine rings is 1. The van der Waals surface area contributed by atoms with Gasteiger partial charge in [0.1, 0.15) is 23.4 Å². The third kappa shape index (κ3) is 3.48. The van der Waals surface area contributed by atoms with Crippen LogP contribution in [0.25, 0.3) is 0 Å². The van der Waals surface area contributed by atoms with Crippen molar-refractivity contribution < 1.29 is 18.3 Å². The molecule has 118 valence electrons. The number of carbonyl (C=O) groups is 1. The monoisotopic (exact) mass is 336 g/mol. The maximum absolute atomic E-state index is 14.1. The quantitative estimate of drug-likeness (QED) is 0.633. The maximum atomic E-state index is 14.1. The molecule has 2 aromatic rings. The lowest BCUT2D eigenvalue weighted by Gasteiger charge is -2.25. The molecule has 4 nitrogen and oxygen atoms in total. The molecule has 0 atom stereocenters. The highest BCUT2D eigenvalue weighted by atomic mass is 35.5. The minimum absolute atomic E-state index is 0.00416. The zero-order valence-electron chi connectivity index (χ0n) is 11.8. The van der Waals surface area contributed by atoms with Gasteiger partial charge in [-0.1, -0.05) is 17.7 Å². The van der Waals surface area contributed by atoms with E-state index in [1.165, 1.54) is 17.2 Å². The van der Waals surface area contributed by atoms with Crippen molar-refractivity contribution in [3.05, 3.63) is 70.7 Å². The zero-order valence-corrected chi connectivity index (χ0v) is 12.6. The second-order valence-corrected chi connectivity index (χ2v) is 5.30. The molecule has 2 heterocycles. The van der Waals surface area contributed by atoms with Gasteiger partial charge in [0.05, 0.1) is 11.4 Å². The van der Waals surface area contributed by atoms with Crippen molar-refractivity contribution in [2.45, 2.75) is 6.54 Å². The lowest BCUT2D eigenvalue weighted by atomic mass is 10.2. The van der Waals surface area contributed by atoms with Crippen molar-refractivity contribution in [1.82, 2.24) is 4.98 Å². The molecule has 0 saturated heterocycles. The van der Waals surface area contributed by atoms with E-state index in [1.54, 1.807) is 12.1 Å². The van der Waals surface area contributed by atoms with Gasteiger partial charge in [0.2, 0.25) is 0 Å². The van der Waals surface area contributed by atoms with Gasteiger partial charge in [0, 0.05) is 24.9 Å². The molecule has 0 bridgehead atoms. The van der Waals surface area contributed by atoms with E-state index >= 15 is 0 Å². The summed E-state index contributed by atoms with van der Waals surface area (Å²) >= 11 is 5.75. The summed E-state index contributed by atoms with van der Waals surface area (Å²) in [7, 11) is 0. The molecule has 0 fully saturated rings. The normalized spacial score (nSPS) is 13.7. The topological polar surface area (TPSA) is 42.4 Å². The molecule has 1 aliphatic heterocycles. The van der Waals surface area contributed by atoms with Crippen molar-refractivity contribution in [3.8, 4) is 0 Å². The van der Waals surface area contributed by atoms with Crippen LogP contribution in [-0.4, -0.2) is 17.6 Å². The molecule has 23 heavy (non-hydrogen) atoms. The molecular formula is C16H11ClF2N2O2. The Kier molecular flexibility index (Phi) is 4.25. The highest BCUT2D eigenvalue weighted by molar-refractivity contribution is 6.29. The highest BCUT2D eigenvalue weighted by Gasteiger charge is 2.23. The molecule has 7 heteroatoms. The number of hydrogen-bond donors (Lipinski definition) is 0. The molecular weight excluding hydrogens is 326 g/mol. The number of ether oxygens (including phenoxy) is 1. The molecule has 0 amide bonds. The molecule has 0 unspecified atom stereocenters. The predicted molar refractivity (Wildman–Crippen MR) is 80.8 cm³/mol. The molecule has 0 saturated carbocycles. The van der Waals surface area contributed by atoms with Crippen LogP contribution in [0.1, 0.15) is 5.56 Å². The molecule has 0 aliphatic carbocycles. The summed E-state index contributed by atoms with van der Waals surface area (Å²) in [6.07, 6.45) is 2.79. The first-order valence-electron chi connectivity index (χ1n) is 6.73. The number of cyclic esters (lactones) is 1. The number of esters is 1. The largest absolute Gasteiger partial charge is 0.456 e. The third-order valence-electron chi connectivity index (χ3n) is 3.32. The Hall–Kier alpha value is -2.47. The Labute approximate surface area is 136 Å². The summed E-state index contributed by atoms with van der Waals surface area (Å²) < 4.78 is 32.5. The van der Waals surface area contributed by atoms with Gasteiger partial charge in [-0.3, -0.25) is 0 Å². The fourth-order valence-corrected chi connectivity index (χ4v) is 2.35. The molecule has 0 spiro atoms. The fraction of sp³-hybridized carbons (Fsp3) is 0.125. The van der Waals surface area contributed by atoms with Gasteiger partial charge >= 0.3 is 5.97 Å². The predicted octanol–water partition coefficient (Wildman–Crippen LogP) is 3.46. The van der Waals surface area contributed by atoms with Crippen LogP contribution in [0.5, 0.6) is 0 Å². The van der Waals surface area contributed by atoms with E-state index in [0.717, 1.165) is 23.8 Å². The Bertz CT molecular complexity index is 778. The first kappa shape index (κ1) is 15.4. The van der Waals surface area contributed by atoms with E-state index in [4.69, 9.17) is 16.3 Å². The number of rotatable bonds is 4. The van der Waals surface area contributed by atoms with Gasteiger partial charge in [-0.2, -0.15) is 0 Å². The van der Waals surface area contributed by atoms with Crippen molar-refractivity contribution in [2.75, 3.05) is 11.5 Å². The average Bonchev–Trinajstić information content (AvgIpc) is 2.96. The van der Waals surface area contributed by atoms with Crippen LogP contribution in [0.4, 0.5) is 14.5 Å². The lowest BCUT2D eigenvalue weighted by molar-refractivity contribution is -0.134. The van der Waals surface area contributed by atoms with Crippen LogP contribution in [0.3, 0.4) is 0 Å². The second kappa shape index (κ2) is 6.34. The average molecular weight is 337 g/mol. The van der Waals surface area contributed by atoms with Crippen LogP contribution in [0.15, 0.2) is 48.3 Å². The first-order valence-corrected chi connectivity index (χ1v) is 7.11. The Morgan fingerprint density at radius 2 is 2.09 bits per heavy atom. The summed E-state index contributed by atoms with van der Waals surface area (Å²) in [6, 6.07) is 6.46. The second-order valence-electron chi connectivity index (χ2n) is 4.91. The fourth-order valence-electron chi connectivity index (χ4n) is 2.24. The van der Waals surface area contributed by atoms with Gasteiger partial charge in [-0.25, -0.2) is 18.6 Å². The summed E-state index contributed by atoms with van der Waals surface area (Å²) in [5, 5.41) is 0.329. The number of halogens is 3. The summed E-state index contributed by atoms with van der Waals surface area (Å²) in [5.74, 6) is -1.70. The SMILES string of the molecule is O=C1C=C(N(Cc2ccc(Cl)nc2)c2cc(F)ccc2F)CO1. The van der Waals surface area contributed by atoms with Crippen LogP contribution in [0, 0.1) is 11.6 Å². The molecule has 0 N–H and O–H groups in total. The minimum Gasteiger partial charge on any atom is -0.456 e. The van der Waals surface area contributed by atoms with Crippen LogP contribution in [0.2, 0.25) is 5.15 Å². The van der Waals surface area contributed by atoms with Crippen LogP contribution >= 0.6 is 11.6 Å². The number of nitrogens with zero attached hydrogens (tertiary/aromatic N) is 2. The summed E-state index contributed by atoms with van der Waals surface area (Å²) in [4.78, 5) is 16.8. The molecule has 0 radical (unpaired) electrons. The van der Waals surface area contributed by atoms with Gasteiger partial charge in [-0.05, 0) is 23.8 Å². The van der Waals surface area contributed by atoms with Gasteiger partial charge in [0.15, 0.2) is 0 Å². The van der Waals surface area contributed by atoms with E-state index in [1.807, 2.05) is 0 Å². The number of anilines is 1. The number of hydrogen-bond acceptors (Lipinski definition) is 4. The van der Waals surface area contributed by atoms with Crippen LogP contribution < -0.4 is 4.90 Å². The Morgan fingerprint density at radius 3 is 2.74 bits per heavy atom. The molecule has 3 rings (SSSR count). The summed E-state index contributed by atoms with van der Waals surface area (Å²) in [6.45, 7) is 0.183. The highest BCUT2D eigenvalue weighted by Crippen LogP contribution is 2.28. The van der Waals surface area contributed by atoms with Gasteiger partial charge in [0.25, 0.3) is 0 Å². The van der Waals surface area contributed by atoms with E-state index in [0.29, 0.717) is 10.9 Å². The lowest BCUT2D eigenvalue weighted by Crippen LogP contribution is -2.24. The molecule has 1 aromatic carbocycles. The maximum Gasteiger partial charge on any atom is 0.333 e. The molecule has 1 aromatic heterocycles. The standard InChI is InChI=1S/C16H11ClF2N2O2/c17-15-4-1-10(7-20-15)8-21(12-6-16(22)23-9-12)14-5-11(18)2-3-13(14)19/h1-7H,8-9H2. The first-order chi connectivity index (χ1) is 11.0. The number of carbonyl (C=O) groups excluding carboxylic acids is 1. The van der Waals surface area contributed by atoms with Crippen molar-refractivity contribution in [1.29, 1.82) is 0 Å².